The smallest absolute Gasteiger partial charge is 0.0666 e. The molecule has 0 heterocycles. The summed E-state index contributed by atoms with van der Waals surface area (Å²) in [6.45, 7) is 5.21. The molecular weight excluding hydrogens is 262 g/mol. The molecule has 3 N–H and O–H groups in total. The number of nitrogens with two attached hydrogens (primary N) is 1. The van der Waals surface area contributed by atoms with Crippen LogP contribution < -0.4 is 5.73 Å². The molecule has 1 fully saturated rings. The molecule has 1 aromatic rings. The second-order valence-electron chi connectivity index (χ2n) is 7.16. The predicted molar refractivity (Wildman–Crippen MR) is 86.0 cm³/mol. The van der Waals surface area contributed by atoms with Crippen molar-refractivity contribution in [2.75, 3.05) is 13.2 Å². The molecule has 0 radical (unpaired) electrons. The van der Waals surface area contributed by atoms with Gasteiger partial charge in [-0.15, -0.1) is 0 Å². The highest BCUT2D eigenvalue weighted by atomic mass is 16.5. The van der Waals surface area contributed by atoms with Gasteiger partial charge in [0.15, 0.2) is 0 Å². The van der Waals surface area contributed by atoms with Crippen molar-refractivity contribution in [3.8, 4) is 0 Å². The zero-order chi connectivity index (χ0) is 15.3. The molecule has 3 heteroatoms. The van der Waals surface area contributed by atoms with Crippen LogP contribution in [0.1, 0.15) is 51.5 Å². The number of hydrogen-bond acceptors (Lipinski definition) is 3. The molecule has 0 bridgehead atoms. The number of aliphatic hydroxyl groups is 1. The van der Waals surface area contributed by atoms with Crippen molar-refractivity contribution in [1.29, 1.82) is 0 Å². The van der Waals surface area contributed by atoms with E-state index < -0.39 is 5.54 Å². The fraction of sp³-hybridized carbons (Fsp3) is 0.667. The van der Waals surface area contributed by atoms with E-state index in [-0.39, 0.29) is 6.61 Å². The van der Waals surface area contributed by atoms with E-state index in [1.54, 1.807) is 0 Å². The van der Waals surface area contributed by atoms with Crippen molar-refractivity contribution in [3.05, 3.63) is 35.9 Å². The lowest BCUT2D eigenvalue weighted by atomic mass is 9.76. The lowest BCUT2D eigenvalue weighted by Crippen LogP contribution is -2.42. The van der Waals surface area contributed by atoms with Crippen molar-refractivity contribution >= 4 is 0 Å². The summed E-state index contributed by atoms with van der Waals surface area (Å²) in [6.07, 6.45) is 5.72. The Balaban J connectivity index is 1.82. The fourth-order valence-electron chi connectivity index (χ4n) is 3.03. The molecular formula is C18H29NO2. The van der Waals surface area contributed by atoms with Gasteiger partial charge in [-0.3, -0.25) is 0 Å². The minimum Gasteiger partial charge on any atom is -0.394 e. The highest BCUT2D eigenvalue weighted by Gasteiger charge is 2.29. The average Bonchev–Trinajstić information content (AvgIpc) is 2.49. The number of ether oxygens (including phenoxy) is 1. The Morgan fingerprint density at radius 3 is 2.43 bits per heavy atom. The minimum atomic E-state index is -0.699. The zero-order valence-electron chi connectivity index (χ0n) is 13.3. The number of rotatable bonds is 6. The summed E-state index contributed by atoms with van der Waals surface area (Å²) in [6, 6.07) is 9.81. The Kier molecular flexibility index (Phi) is 5.42. The van der Waals surface area contributed by atoms with Gasteiger partial charge in [0.25, 0.3) is 0 Å². The van der Waals surface area contributed by atoms with Gasteiger partial charge in [0.1, 0.15) is 0 Å². The summed E-state index contributed by atoms with van der Waals surface area (Å²) in [5.74, 6) is 0. The number of benzene rings is 1. The summed E-state index contributed by atoms with van der Waals surface area (Å²) in [7, 11) is 0. The largest absolute Gasteiger partial charge is 0.394 e. The molecule has 3 nitrogen and oxygen atoms in total. The number of aliphatic hydroxyl groups excluding tert-OH is 1. The second-order valence-corrected chi connectivity index (χ2v) is 7.16. The van der Waals surface area contributed by atoms with Gasteiger partial charge in [-0.2, -0.15) is 0 Å². The SMILES string of the molecule is CC1(C)CCC(OCCC(N)(CO)c2ccccc2)CC1. The van der Waals surface area contributed by atoms with E-state index >= 15 is 0 Å². The Labute approximate surface area is 128 Å². The summed E-state index contributed by atoms with van der Waals surface area (Å²) >= 11 is 0. The highest BCUT2D eigenvalue weighted by Crippen LogP contribution is 2.36. The van der Waals surface area contributed by atoms with Gasteiger partial charge < -0.3 is 15.6 Å². The third kappa shape index (κ3) is 4.53. The summed E-state index contributed by atoms with van der Waals surface area (Å²) in [5, 5.41) is 9.66. The normalized spacial score (nSPS) is 21.9. The van der Waals surface area contributed by atoms with E-state index in [2.05, 4.69) is 13.8 Å². The van der Waals surface area contributed by atoms with Crippen LogP contribution in [0.25, 0.3) is 0 Å². The second kappa shape index (κ2) is 6.91. The minimum absolute atomic E-state index is 0.0575. The molecule has 21 heavy (non-hydrogen) atoms. The van der Waals surface area contributed by atoms with Crippen molar-refractivity contribution in [2.24, 2.45) is 11.1 Å². The molecule has 0 aliphatic heterocycles. The fourth-order valence-corrected chi connectivity index (χ4v) is 3.03. The van der Waals surface area contributed by atoms with Crippen LogP contribution in [0.4, 0.5) is 0 Å². The van der Waals surface area contributed by atoms with E-state index in [0.717, 1.165) is 18.4 Å². The summed E-state index contributed by atoms with van der Waals surface area (Å²) < 4.78 is 6.00. The molecule has 1 saturated carbocycles. The lowest BCUT2D eigenvalue weighted by Gasteiger charge is -2.35. The molecule has 118 valence electrons. The Bertz CT molecular complexity index is 422. The molecule has 1 aromatic carbocycles. The third-order valence-corrected chi connectivity index (χ3v) is 4.82. The summed E-state index contributed by atoms with van der Waals surface area (Å²) in [5.41, 5.74) is 7.09. The maximum Gasteiger partial charge on any atom is 0.0666 e. The van der Waals surface area contributed by atoms with Gasteiger partial charge in [0.05, 0.1) is 18.2 Å². The molecule has 1 unspecified atom stereocenters. The first kappa shape index (κ1) is 16.5. The van der Waals surface area contributed by atoms with Gasteiger partial charge in [-0.25, -0.2) is 0 Å². The van der Waals surface area contributed by atoms with Crippen LogP contribution in [0, 0.1) is 5.41 Å². The van der Waals surface area contributed by atoms with Crippen LogP contribution in [0.15, 0.2) is 30.3 Å². The molecule has 0 spiro atoms. The van der Waals surface area contributed by atoms with Crippen molar-refractivity contribution in [1.82, 2.24) is 0 Å². The van der Waals surface area contributed by atoms with E-state index in [9.17, 15) is 5.11 Å². The monoisotopic (exact) mass is 291 g/mol. The zero-order valence-corrected chi connectivity index (χ0v) is 13.3. The van der Waals surface area contributed by atoms with Crippen LogP contribution in [0.3, 0.4) is 0 Å². The predicted octanol–water partition coefficient (Wildman–Crippen LogP) is 3.21. The Hall–Kier alpha value is -0.900. The van der Waals surface area contributed by atoms with Crippen LogP contribution in [-0.2, 0) is 10.3 Å². The van der Waals surface area contributed by atoms with Crippen LogP contribution in [0.5, 0.6) is 0 Å². The van der Waals surface area contributed by atoms with Gasteiger partial charge in [-0.1, -0.05) is 44.2 Å². The maximum absolute atomic E-state index is 9.66. The van der Waals surface area contributed by atoms with Gasteiger partial charge in [0, 0.05) is 6.61 Å². The average molecular weight is 291 g/mol. The highest BCUT2D eigenvalue weighted by molar-refractivity contribution is 5.23. The maximum atomic E-state index is 9.66. The van der Waals surface area contributed by atoms with E-state index in [1.165, 1.54) is 12.8 Å². The molecule has 1 aliphatic rings. The number of hydrogen-bond donors (Lipinski definition) is 2. The van der Waals surface area contributed by atoms with Gasteiger partial charge in [0.2, 0.25) is 0 Å². The van der Waals surface area contributed by atoms with E-state index in [1.807, 2.05) is 30.3 Å². The summed E-state index contributed by atoms with van der Waals surface area (Å²) in [4.78, 5) is 0. The molecule has 1 aliphatic carbocycles. The van der Waals surface area contributed by atoms with Crippen LogP contribution in [0.2, 0.25) is 0 Å². The first-order valence-electron chi connectivity index (χ1n) is 8.02. The lowest BCUT2D eigenvalue weighted by molar-refractivity contribution is -0.00680. The Morgan fingerprint density at radius 1 is 1.24 bits per heavy atom. The van der Waals surface area contributed by atoms with Crippen LogP contribution >= 0.6 is 0 Å². The first-order chi connectivity index (χ1) is 9.95. The van der Waals surface area contributed by atoms with Gasteiger partial charge >= 0.3 is 0 Å². The topological polar surface area (TPSA) is 55.5 Å². The van der Waals surface area contributed by atoms with Crippen molar-refractivity contribution in [3.63, 3.8) is 0 Å². The molecule has 2 rings (SSSR count). The molecule has 1 atom stereocenters. The molecule has 0 saturated heterocycles. The van der Waals surface area contributed by atoms with Crippen molar-refractivity contribution < 1.29 is 9.84 Å². The van der Waals surface area contributed by atoms with E-state index in [4.69, 9.17) is 10.5 Å². The third-order valence-electron chi connectivity index (χ3n) is 4.82. The van der Waals surface area contributed by atoms with E-state index in [0.29, 0.717) is 24.5 Å². The molecule has 0 amide bonds. The first-order valence-corrected chi connectivity index (χ1v) is 8.02. The molecule has 0 aromatic heterocycles. The van der Waals surface area contributed by atoms with Gasteiger partial charge in [-0.05, 0) is 43.1 Å². The Morgan fingerprint density at radius 2 is 1.86 bits per heavy atom. The van der Waals surface area contributed by atoms with Crippen molar-refractivity contribution in [2.45, 2.75) is 57.6 Å². The standard InChI is InChI=1S/C18H29NO2/c1-17(2)10-8-16(9-11-17)21-13-12-18(19,14-20)15-6-4-3-5-7-15/h3-7,16,20H,8-14,19H2,1-2H3. The quantitative estimate of drug-likeness (QED) is 0.846. The van der Waals surface area contributed by atoms with Crippen LogP contribution in [-0.4, -0.2) is 24.4 Å².